The van der Waals surface area contributed by atoms with Crippen molar-refractivity contribution in [2.45, 2.75) is 32.4 Å². The molecule has 0 rings (SSSR count). The predicted molar refractivity (Wildman–Crippen MR) is 64.4 cm³/mol. The fraction of sp³-hybridized carbons (Fsp3) is 0.700. The summed E-state index contributed by atoms with van der Waals surface area (Å²) in [7, 11) is 0. The molecule has 0 aromatic carbocycles. The molecule has 0 fully saturated rings. The molecule has 6 N–H and O–H groups in total. The number of urea groups is 1. The minimum atomic E-state index is -1.50. The third-order valence-electron chi connectivity index (χ3n) is 1.90. The van der Waals surface area contributed by atoms with E-state index in [1.54, 1.807) is 0 Å². The van der Waals surface area contributed by atoms with E-state index in [4.69, 9.17) is 16.2 Å². The fourth-order valence-electron chi connectivity index (χ4n) is 1.06. The Hall–Kier alpha value is -1.83. The molecule has 8 nitrogen and oxygen atoms in total. The standard InChI is InChI=1S/C10H20N4O4/c1-6(2)18-5-3-4-13-10(17)14-7(8(11)15)9(12)16/h6-7H,3-5H2,1-2H3,(H2,11,15)(H2,12,16)(H2,13,14,17). The summed E-state index contributed by atoms with van der Waals surface area (Å²) < 4.78 is 5.26. The quantitative estimate of drug-likeness (QED) is 0.310. The van der Waals surface area contributed by atoms with Gasteiger partial charge in [0.1, 0.15) is 0 Å². The Morgan fingerprint density at radius 2 is 1.72 bits per heavy atom. The van der Waals surface area contributed by atoms with Crippen LogP contribution in [-0.4, -0.2) is 43.1 Å². The molecule has 0 saturated carbocycles. The van der Waals surface area contributed by atoms with Crippen LogP contribution in [0, 0.1) is 0 Å². The molecule has 0 heterocycles. The van der Waals surface area contributed by atoms with Gasteiger partial charge in [0, 0.05) is 13.2 Å². The second-order valence-electron chi connectivity index (χ2n) is 3.91. The highest BCUT2D eigenvalue weighted by atomic mass is 16.5. The molecule has 0 spiro atoms. The number of primary amides is 2. The van der Waals surface area contributed by atoms with Gasteiger partial charge in [-0.2, -0.15) is 0 Å². The van der Waals surface area contributed by atoms with Crippen molar-refractivity contribution in [2.24, 2.45) is 11.5 Å². The van der Waals surface area contributed by atoms with Gasteiger partial charge in [-0.15, -0.1) is 0 Å². The molecule has 104 valence electrons. The summed E-state index contributed by atoms with van der Waals surface area (Å²) in [6.07, 6.45) is 0.747. The molecule has 0 aromatic rings. The van der Waals surface area contributed by atoms with Crippen molar-refractivity contribution in [1.29, 1.82) is 0 Å². The lowest BCUT2D eigenvalue weighted by Crippen LogP contribution is -2.55. The van der Waals surface area contributed by atoms with Gasteiger partial charge in [-0.3, -0.25) is 9.59 Å². The van der Waals surface area contributed by atoms with Crippen molar-refractivity contribution in [1.82, 2.24) is 10.6 Å². The number of carbonyl (C=O) groups is 3. The van der Waals surface area contributed by atoms with E-state index in [1.165, 1.54) is 0 Å². The zero-order chi connectivity index (χ0) is 14.1. The van der Waals surface area contributed by atoms with Crippen LogP contribution in [0.15, 0.2) is 0 Å². The molecule has 0 aliphatic carbocycles. The molecule has 8 heteroatoms. The van der Waals surface area contributed by atoms with Gasteiger partial charge in [-0.05, 0) is 20.3 Å². The SMILES string of the molecule is CC(C)OCCCNC(=O)NC(C(N)=O)C(N)=O. The number of carbonyl (C=O) groups excluding carboxylic acids is 3. The van der Waals surface area contributed by atoms with E-state index in [1.807, 2.05) is 13.8 Å². The predicted octanol–water partition coefficient (Wildman–Crippen LogP) is -1.56. The Kier molecular flexibility index (Phi) is 7.45. The highest BCUT2D eigenvalue weighted by Gasteiger charge is 2.23. The third-order valence-corrected chi connectivity index (χ3v) is 1.90. The summed E-state index contributed by atoms with van der Waals surface area (Å²) in [6.45, 7) is 4.67. The van der Waals surface area contributed by atoms with E-state index in [0.717, 1.165) is 0 Å². The first-order valence-corrected chi connectivity index (χ1v) is 5.59. The van der Waals surface area contributed by atoms with Crippen LogP contribution in [0.2, 0.25) is 0 Å². The first-order chi connectivity index (χ1) is 8.34. The van der Waals surface area contributed by atoms with Crippen molar-refractivity contribution in [3.8, 4) is 0 Å². The second kappa shape index (κ2) is 8.29. The molecule has 0 bridgehead atoms. The van der Waals surface area contributed by atoms with E-state index in [-0.39, 0.29) is 6.10 Å². The Bertz CT molecular complexity index is 292. The number of ether oxygens (including phenoxy) is 1. The Balaban J connectivity index is 3.83. The van der Waals surface area contributed by atoms with Crippen LogP contribution in [0.5, 0.6) is 0 Å². The Morgan fingerprint density at radius 3 is 2.17 bits per heavy atom. The van der Waals surface area contributed by atoms with Crippen molar-refractivity contribution >= 4 is 17.8 Å². The lowest BCUT2D eigenvalue weighted by atomic mass is 10.3. The normalized spacial score (nSPS) is 10.4. The van der Waals surface area contributed by atoms with Gasteiger partial charge in [0.2, 0.25) is 11.8 Å². The number of hydrogen-bond acceptors (Lipinski definition) is 4. The topological polar surface area (TPSA) is 137 Å². The van der Waals surface area contributed by atoms with Gasteiger partial charge >= 0.3 is 6.03 Å². The fourth-order valence-corrected chi connectivity index (χ4v) is 1.06. The summed E-state index contributed by atoms with van der Waals surface area (Å²) >= 11 is 0. The maximum atomic E-state index is 11.3. The van der Waals surface area contributed by atoms with Crippen LogP contribution < -0.4 is 22.1 Å². The summed E-state index contributed by atoms with van der Waals surface area (Å²) in [4.78, 5) is 32.9. The van der Waals surface area contributed by atoms with Gasteiger partial charge < -0.3 is 26.8 Å². The molecule has 4 amide bonds. The second-order valence-corrected chi connectivity index (χ2v) is 3.91. The van der Waals surface area contributed by atoms with Crippen LogP contribution in [0.4, 0.5) is 4.79 Å². The smallest absolute Gasteiger partial charge is 0.315 e. The zero-order valence-corrected chi connectivity index (χ0v) is 10.6. The Labute approximate surface area is 105 Å². The van der Waals surface area contributed by atoms with Gasteiger partial charge in [0.05, 0.1) is 6.10 Å². The summed E-state index contributed by atoms with van der Waals surface area (Å²) in [5, 5.41) is 4.53. The number of nitrogens with one attached hydrogen (secondary N) is 2. The van der Waals surface area contributed by atoms with Gasteiger partial charge in [-0.1, -0.05) is 0 Å². The van der Waals surface area contributed by atoms with E-state index < -0.39 is 23.9 Å². The highest BCUT2D eigenvalue weighted by Crippen LogP contribution is 1.89. The maximum Gasteiger partial charge on any atom is 0.315 e. The van der Waals surface area contributed by atoms with Gasteiger partial charge in [0.15, 0.2) is 6.04 Å². The van der Waals surface area contributed by atoms with Crippen LogP contribution in [0.25, 0.3) is 0 Å². The van der Waals surface area contributed by atoms with Gasteiger partial charge in [0.25, 0.3) is 0 Å². The minimum absolute atomic E-state index is 0.132. The van der Waals surface area contributed by atoms with E-state index in [0.29, 0.717) is 19.6 Å². The van der Waals surface area contributed by atoms with E-state index in [9.17, 15) is 14.4 Å². The van der Waals surface area contributed by atoms with Crippen LogP contribution in [0.1, 0.15) is 20.3 Å². The molecule has 0 saturated heterocycles. The minimum Gasteiger partial charge on any atom is -0.379 e. The first kappa shape index (κ1) is 16.2. The summed E-state index contributed by atoms with van der Waals surface area (Å²) in [5.74, 6) is -2.00. The number of hydrogen-bond donors (Lipinski definition) is 4. The van der Waals surface area contributed by atoms with Crippen molar-refractivity contribution in [3.05, 3.63) is 0 Å². The largest absolute Gasteiger partial charge is 0.379 e. The molecule has 0 unspecified atom stereocenters. The van der Waals surface area contributed by atoms with Crippen molar-refractivity contribution < 1.29 is 19.1 Å². The molecule has 0 atom stereocenters. The van der Waals surface area contributed by atoms with Crippen LogP contribution >= 0.6 is 0 Å². The summed E-state index contributed by atoms with van der Waals surface area (Å²) in [6, 6.07) is -2.18. The van der Waals surface area contributed by atoms with Gasteiger partial charge in [-0.25, -0.2) is 4.79 Å². The lowest BCUT2D eigenvalue weighted by Gasteiger charge is -2.13. The molecule has 0 radical (unpaired) electrons. The van der Waals surface area contributed by atoms with Crippen molar-refractivity contribution in [2.75, 3.05) is 13.2 Å². The molecular weight excluding hydrogens is 240 g/mol. The van der Waals surface area contributed by atoms with Crippen LogP contribution in [0.3, 0.4) is 0 Å². The molecule has 0 aromatic heterocycles. The monoisotopic (exact) mass is 260 g/mol. The molecular formula is C10H20N4O4. The lowest BCUT2D eigenvalue weighted by molar-refractivity contribution is -0.128. The van der Waals surface area contributed by atoms with E-state index in [2.05, 4.69) is 10.6 Å². The molecule has 18 heavy (non-hydrogen) atoms. The maximum absolute atomic E-state index is 11.3. The van der Waals surface area contributed by atoms with Crippen LogP contribution in [-0.2, 0) is 14.3 Å². The average molecular weight is 260 g/mol. The summed E-state index contributed by atoms with van der Waals surface area (Å²) in [5.41, 5.74) is 9.79. The third kappa shape index (κ3) is 7.44. The highest BCUT2D eigenvalue weighted by molar-refractivity contribution is 6.05. The molecule has 0 aliphatic rings. The number of rotatable bonds is 8. The molecule has 0 aliphatic heterocycles. The Morgan fingerprint density at radius 1 is 1.17 bits per heavy atom. The number of nitrogens with two attached hydrogens (primary N) is 2. The van der Waals surface area contributed by atoms with E-state index >= 15 is 0 Å². The first-order valence-electron chi connectivity index (χ1n) is 5.59. The van der Waals surface area contributed by atoms with Crippen molar-refractivity contribution in [3.63, 3.8) is 0 Å². The average Bonchev–Trinajstić information content (AvgIpc) is 2.24. The zero-order valence-electron chi connectivity index (χ0n) is 10.6. The number of amides is 4.